The standard InChI is InChI=1S/C13H20N2O3/c1-10(14)13(16)15-8-3-9-18-12-6-4-11(17-2)5-7-12/h4-7,10H,3,8-9,14H2,1-2H3,(H,15,16). The number of carbonyl (C=O) groups is 1. The van der Waals surface area contributed by atoms with Gasteiger partial charge in [-0.1, -0.05) is 0 Å². The second-order valence-corrected chi connectivity index (χ2v) is 3.96. The normalized spacial score (nSPS) is 11.7. The molecule has 1 aromatic rings. The second kappa shape index (κ2) is 7.55. The minimum atomic E-state index is -0.465. The number of amides is 1. The fourth-order valence-corrected chi connectivity index (χ4v) is 1.31. The first-order valence-corrected chi connectivity index (χ1v) is 5.93. The van der Waals surface area contributed by atoms with Gasteiger partial charge in [-0.15, -0.1) is 0 Å². The molecule has 0 saturated carbocycles. The fraction of sp³-hybridized carbons (Fsp3) is 0.462. The lowest BCUT2D eigenvalue weighted by atomic mass is 10.3. The van der Waals surface area contributed by atoms with Crippen LogP contribution in [0.1, 0.15) is 13.3 Å². The Hall–Kier alpha value is -1.75. The van der Waals surface area contributed by atoms with E-state index in [0.717, 1.165) is 17.9 Å². The van der Waals surface area contributed by atoms with Crippen LogP contribution in [0.5, 0.6) is 11.5 Å². The smallest absolute Gasteiger partial charge is 0.236 e. The van der Waals surface area contributed by atoms with E-state index in [-0.39, 0.29) is 5.91 Å². The van der Waals surface area contributed by atoms with Crippen LogP contribution in [0.4, 0.5) is 0 Å². The molecule has 1 rings (SSSR count). The number of hydrogen-bond donors (Lipinski definition) is 2. The van der Waals surface area contributed by atoms with Gasteiger partial charge < -0.3 is 20.5 Å². The van der Waals surface area contributed by atoms with Gasteiger partial charge in [0.15, 0.2) is 0 Å². The van der Waals surface area contributed by atoms with Gasteiger partial charge in [0, 0.05) is 6.54 Å². The van der Waals surface area contributed by atoms with Gasteiger partial charge >= 0.3 is 0 Å². The first-order chi connectivity index (χ1) is 8.63. The molecule has 1 aromatic carbocycles. The molecule has 0 radical (unpaired) electrons. The molecule has 100 valence electrons. The van der Waals surface area contributed by atoms with E-state index in [1.54, 1.807) is 14.0 Å². The summed E-state index contributed by atoms with van der Waals surface area (Å²) in [6.45, 7) is 2.77. The Bertz CT molecular complexity index is 363. The lowest BCUT2D eigenvalue weighted by Crippen LogP contribution is -2.38. The van der Waals surface area contributed by atoms with Gasteiger partial charge in [-0.3, -0.25) is 4.79 Å². The predicted octanol–water partition coefficient (Wildman–Crippen LogP) is 0.927. The number of nitrogens with one attached hydrogen (secondary N) is 1. The Morgan fingerprint density at radius 3 is 2.50 bits per heavy atom. The molecule has 0 aromatic heterocycles. The largest absolute Gasteiger partial charge is 0.497 e. The van der Waals surface area contributed by atoms with Gasteiger partial charge in [-0.05, 0) is 37.6 Å². The molecule has 0 bridgehead atoms. The van der Waals surface area contributed by atoms with Crippen molar-refractivity contribution in [1.82, 2.24) is 5.32 Å². The van der Waals surface area contributed by atoms with Gasteiger partial charge in [0.25, 0.3) is 0 Å². The SMILES string of the molecule is COc1ccc(OCCCNC(=O)C(C)N)cc1. The Balaban J connectivity index is 2.15. The second-order valence-electron chi connectivity index (χ2n) is 3.96. The van der Waals surface area contributed by atoms with Gasteiger partial charge in [0.2, 0.25) is 5.91 Å². The van der Waals surface area contributed by atoms with Gasteiger partial charge in [0.05, 0.1) is 19.8 Å². The topological polar surface area (TPSA) is 73.6 Å². The van der Waals surface area contributed by atoms with Crippen LogP contribution in [0.3, 0.4) is 0 Å². The van der Waals surface area contributed by atoms with Crippen LogP contribution >= 0.6 is 0 Å². The highest BCUT2D eigenvalue weighted by atomic mass is 16.5. The quantitative estimate of drug-likeness (QED) is 0.708. The van der Waals surface area contributed by atoms with Crippen molar-refractivity contribution in [2.24, 2.45) is 5.73 Å². The van der Waals surface area contributed by atoms with Crippen molar-refractivity contribution in [1.29, 1.82) is 0 Å². The van der Waals surface area contributed by atoms with E-state index in [4.69, 9.17) is 15.2 Å². The molecule has 0 aliphatic carbocycles. The van der Waals surface area contributed by atoms with Crippen molar-refractivity contribution >= 4 is 5.91 Å². The summed E-state index contributed by atoms with van der Waals surface area (Å²) in [5.41, 5.74) is 5.41. The van der Waals surface area contributed by atoms with E-state index < -0.39 is 6.04 Å². The summed E-state index contributed by atoms with van der Waals surface area (Å²) in [5, 5.41) is 2.72. The van der Waals surface area contributed by atoms with E-state index >= 15 is 0 Å². The van der Waals surface area contributed by atoms with Crippen LogP contribution in [-0.2, 0) is 4.79 Å². The average molecular weight is 252 g/mol. The first-order valence-electron chi connectivity index (χ1n) is 5.93. The zero-order valence-corrected chi connectivity index (χ0v) is 10.8. The maximum absolute atomic E-state index is 11.2. The first kappa shape index (κ1) is 14.3. The number of rotatable bonds is 7. The molecule has 0 fully saturated rings. The number of ether oxygens (including phenoxy) is 2. The number of nitrogens with two attached hydrogens (primary N) is 1. The van der Waals surface area contributed by atoms with Crippen molar-refractivity contribution in [3.63, 3.8) is 0 Å². The van der Waals surface area contributed by atoms with E-state index in [9.17, 15) is 4.79 Å². The van der Waals surface area contributed by atoms with Crippen LogP contribution in [0, 0.1) is 0 Å². The van der Waals surface area contributed by atoms with Crippen molar-refractivity contribution < 1.29 is 14.3 Å². The summed E-state index contributed by atoms with van der Waals surface area (Å²) in [5.74, 6) is 1.44. The minimum absolute atomic E-state index is 0.139. The molecule has 1 amide bonds. The number of hydrogen-bond acceptors (Lipinski definition) is 4. The molecule has 3 N–H and O–H groups in total. The maximum atomic E-state index is 11.2. The molecule has 5 heteroatoms. The molecule has 1 unspecified atom stereocenters. The third-order valence-corrected chi connectivity index (χ3v) is 2.36. The van der Waals surface area contributed by atoms with Crippen molar-refractivity contribution in [3.8, 4) is 11.5 Å². The lowest BCUT2D eigenvalue weighted by molar-refractivity contribution is -0.121. The predicted molar refractivity (Wildman–Crippen MR) is 69.8 cm³/mol. The summed E-state index contributed by atoms with van der Waals surface area (Å²) in [6.07, 6.45) is 0.741. The number of methoxy groups -OCH3 is 1. The van der Waals surface area contributed by atoms with Crippen LogP contribution in [0.15, 0.2) is 24.3 Å². The summed E-state index contributed by atoms with van der Waals surface area (Å²) < 4.78 is 10.6. The van der Waals surface area contributed by atoms with Crippen molar-refractivity contribution in [2.75, 3.05) is 20.3 Å². The minimum Gasteiger partial charge on any atom is -0.497 e. The van der Waals surface area contributed by atoms with Crippen molar-refractivity contribution in [3.05, 3.63) is 24.3 Å². The highest BCUT2D eigenvalue weighted by Gasteiger charge is 2.05. The van der Waals surface area contributed by atoms with Gasteiger partial charge in [0.1, 0.15) is 11.5 Å². The Morgan fingerprint density at radius 1 is 1.33 bits per heavy atom. The molecule has 0 aliphatic heterocycles. The summed E-state index contributed by atoms with van der Waals surface area (Å²) in [6, 6.07) is 6.91. The Morgan fingerprint density at radius 2 is 1.94 bits per heavy atom. The molecule has 1 atom stereocenters. The zero-order chi connectivity index (χ0) is 13.4. The lowest BCUT2D eigenvalue weighted by Gasteiger charge is -2.09. The van der Waals surface area contributed by atoms with Crippen LogP contribution in [-0.4, -0.2) is 32.2 Å². The molecule has 0 aliphatic rings. The molecule has 0 spiro atoms. The van der Waals surface area contributed by atoms with E-state index in [0.29, 0.717) is 13.2 Å². The van der Waals surface area contributed by atoms with Crippen LogP contribution in [0.25, 0.3) is 0 Å². The molecule has 5 nitrogen and oxygen atoms in total. The van der Waals surface area contributed by atoms with Crippen molar-refractivity contribution in [2.45, 2.75) is 19.4 Å². The van der Waals surface area contributed by atoms with E-state index in [1.807, 2.05) is 24.3 Å². The Kier molecular flexibility index (Phi) is 6.00. The average Bonchev–Trinajstić information content (AvgIpc) is 2.38. The summed E-state index contributed by atoms with van der Waals surface area (Å²) >= 11 is 0. The molecule has 18 heavy (non-hydrogen) atoms. The highest BCUT2D eigenvalue weighted by Crippen LogP contribution is 2.16. The van der Waals surface area contributed by atoms with E-state index in [2.05, 4.69) is 5.32 Å². The summed E-state index contributed by atoms with van der Waals surface area (Å²) in [7, 11) is 1.62. The number of carbonyl (C=O) groups excluding carboxylic acids is 1. The molecule has 0 heterocycles. The third-order valence-electron chi connectivity index (χ3n) is 2.36. The molecular weight excluding hydrogens is 232 g/mol. The Labute approximate surface area is 107 Å². The maximum Gasteiger partial charge on any atom is 0.236 e. The molecular formula is C13H20N2O3. The number of benzene rings is 1. The monoisotopic (exact) mass is 252 g/mol. The van der Waals surface area contributed by atoms with Crippen LogP contribution < -0.4 is 20.5 Å². The van der Waals surface area contributed by atoms with Crippen LogP contribution in [0.2, 0.25) is 0 Å². The highest BCUT2D eigenvalue weighted by molar-refractivity contribution is 5.80. The van der Waals surface area contributed by atoms with Gasteiger partial charge in [-0.25, -0.2) is 0 Å². The van der Waals surface area contributed by atoms with Gasteiger partial charge in [-0.2, -0.15) is 0 Å². The fourth-order valence-electron chi connectivity index (χ4n) is 1.31. The molecule has 0 saturated heterocycles. The third kappa shape index (κ3) is 5.05. The van der Waals surface area contributed by atoms with E-state index in [1.165, 1.54) is 0 Å². The summed E-state index contributed by atoms with van der Waals surface area (Å²) in [4.78, 5) is 11.2. The zero-order valence-electron chi connectivity index (χ0n) is 10.8.